The van der Waals surface area contributed by atoms with E-state index in [-0.39, 0.29) is 0 Å². The summed E-state index contributed by atoms with van der Waals surface area (Å²) in [5, 5.41) is 0. The molecule has 0 bridgehead atoms. The molecule has 0 radical (unpaired) electrons. The lowest BCUT2D eigenvalue weighted by Gasteiger charge is -2.05. The van der Waals surface area contributed by atoms with Crippen molar-refractivity contribution < 1.29 is 0 Å². The molecule has 0 amide bonds. The minimum absolute atomic E-state index is 0.878. The highest BCUT2D eigenvalue weighted by molar-refractivity contribution is 5.52. The van der Waals surface area contributed by atoms with Crippen LogP contribution in [0.5, 0.6) is 0 Å². The lowest BCUT2D eigenvalue weighted by atomic mass is 10.0. The van der Waals surface area contributed by atoms with Gasteiger partial charge in [0.1, 0.15) is 5.69 Å². The summed E-state index contributed by atoms with van der Waals surface area (Å²) in [6.45, 7) is 2.25. The molecule has 0 unspecified atom stereocenters. The molecular weight excluding hydrogens is 378 g/mol. The molecule has 0 atom stereocenters. The van der Waals surface area contributed by atoms with Gasteiger partial charge in [0.2, 0.25) is 0 Å². The molecule has 0 aromatic carbocycles. The Morgan fingerprint density at radius 2 is 1.32 bits per heavy atom. The Balaban J connectivity index is 1.27. The number of hydrogen-bond donors (Lipinski definition) is 0. The maximum atomic E-state index is 4.64. The zero-order chi connectivity index (χ0) is 21.6. The van der Waals surface area contributed by atoms with Crippen molar-refractivity contribution in [3.63, 3.8) is 0 Å². The van der Waals surface area contributed by atoms with E-state index < -0.39 is 0 Å². The molecule has 0 N–H and O–H groups in total. The summed E-state index contributed by atoms with van der Waals surface area (Å²) < 4.78 is 0. The minimum Gasteiger partial charge on any atom is -0.257 e. The molecule has 0 spiro atoms. The van der Waals surface area contributed by atoms with Crippen molar-refractivity contribution in [3.8, 4) is 11.4 Å². The van der Waals surface area contributed by atoms with Crippen LogP contribution in [0.15, 0.2) is 30.7 Å². The highest BCUT2D eigenvalue weighted by Gasteiger charge is 2.19. The van der Waals surface area contributed by atoms with E-state index in [0.29, 0.717) is 0 Å². The largest absolute Gasteiger partial charge is 0.257 e. The van der Waals surface area contributed by atoms with E-state index in [0.717, 1.165) is 35.8 Å². The quantitative estimate of drug-likeness (QED) is 0.242. The zero-order valence-corrected chi connectivity index (χ0v) is 19.8. The van der Waals surface area contributed by atoms with Gasteiger partial charge in [0.15, 0.2) is 0 Å². The summed E-state index contributed by atoms with van der Waals surface area (Å²) >= 11 is 0. The van der Waals surface area contributed by atoms with Crippen LogP contribution in [0.1, 0.15) is 114 Å². The second-order valence-corrected chi connectivity index (χ2v) is 9.57. The van der Waals surface area contributed by atoms with Gasteiger partial charge in [0.05, 0.1) is 17.6 Å². The molecule has 3 rings (SSSR count). The molecule has 1 aliphatic carbocycles. The smallest absolute Gasteiger partial charge is 0.107 e. The predicted octanol–water partition coefficient (Wildman–Crippen LogP) is 8.12. The molecule has 1 fully saturated rings. The van der Waals surface area contributed by atoms with Gasteiger partial charge in [-0.1, -0.05) is 96.5 Å². The van der Waals surface area contributed by atoms with Gasteiger partial charge >= 0.3 is 0 Å². The van der Waals surface area contributed by atoms with E-state index in [1.165, 1.54) is 102 Å². The zero-order valence-electron chi connectivity index (χ0n) is 19.8. The summed E-state index contributed by atoms with van der Waals surface area (Å²) in [5.74, 6) is 1.11. The Hall–Kier alpha value is -1.77. The molecule has 170 valence electrons. The van der Waals surface area contributed by atoms with Crippen LogP contribution in [0.4, 0.5) is 0 Å². The Bertz CT molecular complexity index is 704. The average molecular weight is 422 g/mol. The summed E-state index contributed by atoms with van der Waals surface area (Å²) in [7, 11) is 0. The first-order chi connectivity index (χ1) is 15.3. The second-order valence-electron chi connectivity index (χ2n) is 9.57. The normalized spacial score (nSPS) is 13.6. The van der Waals surface area contributed by atoms with Gasteiger partial charge < -0.3 is 0 Å². The van der Waals surface area contributed by atoms with Crippen molar-refractivity contribution in [1.29, 1.82) is 0 Å². The molecule has 0 aliphatic heterocycles. The van der Waals surface area contributed by atoms with Crippen LogP contribution < -0.4 is 0 Å². The number of aryl methyl sites for hydroxylation is 2. The topological polar surface area (TPSA) is 38.7 Å². The fourth-order valence-electron chi connectivity index (χ4n) is 4.30. The fourth-order valence-corrected chi connectivity index (χ4v) is 4.30. The van der Waals surface area contributed by atoms with Crippen molar-refractivity contribution in [2.75, 3.05) is 0 Å². The second kappa shape index (κ2) is 14.3. The monoisotopic (exact) mass is 421 g/mol. The van der Waals surface area contributed by atoms with Crippen molar-refractivity contribution >= 4 is 0 Å². The first kappa shape index (κ1) is 23.9. The minimum atomic E-state index is 0.878. The highest BCUT2D eigenvalue weighted by Crippen LogP contribution is 2.34. The molecule has 3 heteroatoms. The third-order valence-electron chi connectivity index (χ3n) is 6.60. The lowest BCUT2D eigenvalue weighted by Crippen LogP contribution is -1.96. The molecule has 2 heterocycles. The number of pyridine rings is 1. The van der Waals surface area contributed by atoms with Gasteiger partial charge in [-0.15, -0.1) is 0 Å². The molecule has 1 aliphatic rings. The molecule has 2 aromatic heterocycles. The van der Waals surface area contributed by atoms with E-state index in [4.69, 9.17) is 0 Å². The van der Waals surface area contributed by atoms with Gasteiger partial charge in [-0.2, -0.15) is 0 Å². The Labute approximate surface area is 190 Å². The van der Waals surface area contributed by atoms with E-state index in [9.17, 15) is 0 Å². The number of aromatic nitrogens is 3. The molecule has 0 saturated heterocycles. The van der Waals surface area contributed by atoms with Crippen molar-refractivity contribution in [1.82, 2.24) is 15.0 Å². The molecule has 1 saturated carbocycles. The van der Waals surface area contributed by atoms with Crippen LogP contribution in [0.3, 0.4) is 0 Å². The lowest BCUT2D eigenvalue weighted by molar-refractivity contribution is 0.553. The van der Waals surface area contributed by atoms with E-state index in [2.05, 4.69) is 34.0 Å². The standard InChI is InChI=1S/C28H43N3/c1-2-3-4-8-13-16-26-22-31-28(23-29-26)27-20-19-25(21-30-27)15-12-10-7-5-6-9-11-14-24-17-18-24/h19-24H,2-18H2,1H3. The SMILES string of the molecule is CCCCCCCc1cnc(-c2ccc(CCCCCCCCCC3CC3)cn2)cn1. The average Bonchev–Trinajstić information content (AvgIpc) is 3.63. The molecule has 31 heavy (non-hydrogen) atoms. The first-order valence-corrected chi connectivity index (χ1v) is 13.1. The van der Waals surface area contributed by atoms with Crippen LogP contribution in [0.2, 0.25) is 0 Å². The van der Waals surface area contributed by atoms with Crippen molar-refractivity contribution in [2.24, 2.45) is 5.92 Å². The Kier molecular flexibility index (Phi) is 11.0. The van der Waals surface area contributed by atoms with Crippen LogP contribution in [0.25, 0.3) is 11.4 Å². The third kappa shape index (κ3) is 9.93. The molecule has 3 nitrogen and oxygen atoms in total. The fraction of sp³-hybridized carbons (Fsp3) is 0.679. The predicted molar refractivity (Wildman–Crippen MR) is 131 cm³/mol. The first-order valence-electron chi connectivity index (χ1n) is 13.1. The van der Waals surface area contributed by atoms with E-state index >= 15 is 0 Å². The molecular formula is C28H43N3. The van der Waals surface area contributed by atoms with Gasteiger partial charge in [0.25, 0.3) is 0 Å². The Morgan fingerprint density at radius 1 is 0.645 bits per heavy atom. The number of nitrogens with zero attached hydrogens (tertiary/aromatic N) is 3. The van der Waals surface area contributed by atoms with Gasteiger partial charge in [-0.05, 0) is 43.2 Å². The molecule has 2 aromatic rings. The van der Waals surface area contributed by atoms with Crippen LogP contribution >= 0.6 is 0 Å². The van der Waals surface area contributed by atoms with Gasteiger partial charge in [0, 0.05) is 12.4 Å². The van der Waals surface area contributed by atoms with Crippen LogP contribution in [-0.4, -0.2) is 15.0 Å². The summed E-state index contributed by atoms with van der Waals surface area (Å²) in [4.78, 5) is 13.8. The van der Waals surface area contributed by atoms with Crippen LogP contribution in [0, 0.1) is 5.92 Å². The summed E-state index contributed by atoms with van der Waals surface area (Å²) in [5.41, 5.74) is 4.24. The van der Waals surface area contributed by atoms with E-state index in [1.54, 1.807) is 0 Å². The van der Waals surface area contributed by atoms with Crippen molar-refractivity contribution in [3.05, 3.63) is 42.0 Å². The van der Waals surface area contributed by atoms with Gasteiger partial charge in [-0.25, -0.2) is 0 Å². The van der Waals surface area contributed by atoms with Gasteiger partial charge in [-0.3, -0.25) is 15.0 Å². The highest BCUT2D eigenvalue weighted by atomic mass is 14.8. The summed E-state index contributed by atoms with van der Waals surface area (Å²) in [6.07, 6.45) is 28.7. The van der Waals surface area contributed by atoms with Crippen LogP contribution in [-0.2, 0) is 12.8 Å². The maximum Gasteiger partial charge on any atom is 0.107 e. The van der Waals surface area contributed by atoms with E-state index in [1.807, 2.05) is 18.6 Å². The Morgan fingerprint density at radius 3 is 1.97 bits per heavy atom. The summed E-state index contributed by atoms with van der Waals surface area (Å²) in [6, 6.07) is 4.31. The number of hydrogen-bond acceptors (Lipinski definition) is 3. The maximum absolute atomic E-state index is 4.64. The van der Waals surface area contributed by atoms with Crippen molar-refractivity contribution in [2.45, 2.75) is 116 Å². The number of unbranched alkanes of at least 4 members (excludes halogenated alkanes) is 10. The third-order valence-corrected chi connectivity index (χ3v) is 6.60. The number of rotatable bonds is 17.